The van der Waals surface area contributed by atoms with Gasteiger partial charge in [-0.15, -0.1) is 0 Å². The maximum atomic E-state index is 9.42. The van der Waals surface area contributed by atoms with Gasteiger partial charge in [0.1, 0.15) is 0 Å². The van der Waals surface area contributed by atoms with Crippen molar-refractivity contribution in [1.29, 1.82) is 0 Å². The van der Waals surface area contributed by atoms with Crippen molar-refractivity contribution in [1.82, 2.24) is 0 Å². The van der Waals surface area contributed by atoms with Crippen LogP contribution in [0.15, 0.2) is 11.6 Å². The molecule has 0 aromatic heterocycles. The Labute approximate surface area is 74.9 Å². The summed E-state index contributed by atoms with van der Waals surface area (Å²) in [6.07, 6.45) is 4.72. The standard InChI is InChI=1S/C10H20O2/c1-9(2)6-4-5-7-10(3,12)8-11/h6,11-12H,4-5,7-8H2,1-3H3. The minimum atomic E-state index is -0.893. The molecule has 0 radical (unpaired) electrons. The van der Waals surface area contributed by atoms with Crippen molar-refractivity contribution in [2.75, 3.05) is 6.61 Å². The topological polar surface area (TPSA) is 40.5 Å². The fourth-order valence-corrected chi connectivity index (χ4v) is 0.953. The first-order chi connectivity index (χ1) is 5.48. The molecule has 0 rings (SSSR count). The molecule has 0 aliphatic heterocycles. The van der Waals surface area contributed by atoms with Crippen molar-refractivity contribution in [3.05, 3.63) is 11.6 Å². The zero-order valence-electron chi connectivity index (χ0n) is 8.30. The predicted molar refractivity (Wildman–Crippen MR) is 51.0 cm³/mol. The molecule has 0 aromatic carbocycles. The van der Waals surface area contributed by atoms with Crippen LogP contribution in [0.3, 0.4) is 0 Å². The van der Waals surface area contributed by atoms with Crippen molar-refractivity contribution in [2.24, 2.45) is 0 Å². The van der Waals surface area contributed by atoms with E-state index < -0.39 is 5.60 Å². The molecule has 0 saturated heterocycles. The quantitative estimate of drug-likeness (QED) is 0.491. The maximum absolute atomic E-state index is 9.42. The molecule has 2 nitrogen and oxygen atoms in total. The lowest BCUT2D eigenvalue weighted by molar-refractivity contribution is -0.00629. The van der Waals surface area contributed by atoms with Crippen molar-refractivity contribution in [3.63, 3.8) is 0 Å². The normalized spacial score (nSPS) is 15.4. The summed E-state index contributed by atoms with van der Waals surface area (Å²) >= 11 is 0. The van der Waals surface area contributed by atoms with Gasteiger partial charge in [-0.2, -0.15) is 0 Å². The summed E-state index contributed by atoms with van der Waals surface area (Å²) < 4.78 is 0. The van der Waals surface area contributed by atoms with Crippen LogP contribution in [0.4, 0.5) is 0 Å². The zero-order chi connectivity index (χ0) is 9.61. The Morgan fingerprint density at radius 1 is 1.42 bits per heavy atom. The number of aliphatic hydroxyl groups is 2. The van der Waals surface area contributed by atoms with E-state index >= 15 is 0 Å². The number of aliphatic hydroxyl groups excluding tert-OH is 1. The van der Waals surface area contributed by atoms with Crippen LogP contribution in [-0.2, 0) is 0 Å². The number of rotatable bonds is 5. The molecule has 2 N–H and O–H groups in total. The summed E-state index contributed by atoms with van der Waals surface area (Å²) in [5, 5.41) is 18.2. The zero-order valence-corrected chi connectivity index (χ0v) is 8.30. The van der Waals surface area contributed by atoms with E-state index in [2.05, 4.69) is 19.9 Å². The van der Waals surface area contributed by atoms with E-state index in [9.17, 15) is 5.11 Å². The molecule has 0 aliphatic carbocycles. The Kier molecular flexibility index (Phi) is 5.18. The first-order valence-corrected chi connectivity index (χ1v) is 4.44. The second-order valence-electron chi connectivity index (χ2n) is 3.83. The highest BCUT2D eigenvalue weighted by atomic mass is 16.3. The Balaban J connectivity index is 3.50. The summed E-state index contributed by atoms with van der Waals surface area (Å²) in [5.41, 5.74) is 0.411. The van der Waals surface area contributed by atoms with E-state index in [4.69, 9.17) is 5.11 Å². The highest BCUT2D eigenvalue weighted by Crippen LogP contribution is 2.13. The maximum Gasteiger partial charge on any atom is 0.0849 e. The van der Waals surface area contributed by atoms with E-state index in [1.54, 1.807) is 6.92 Å². The predicted octanol–water partition coefficient (Wildman–Crippen LogP) is 1.87. The van der Waals surface area contributed by atoms with Gasteiger partial charge in [-0.05, 0) is 40.0 Å². The molecular weight excluding hydrogens is 152 g/mol. The van der Waals surface area contributed by atoms with Crippen LogP contribution in [0, 0.1) is 0 Å². The van der Waals surface area contributed by atoms with E-state index in [0.29, 0.717) is 6.42 Å². The smallest absolute Gasteiger partial charge is 0.0849 e. The van der Waals surface area contributed by atoms with Crippen molar-refractivity contribution in [2.45, 2.75) is 45.6 Å². The van der Waals surface area contributed by atoms with E-state index in [0.717, 1.165) is 12.8 Å². The van der Waals surface area contributed by atoms with Crippen LogP contribution in [0.25, 0.3) is 0 Å². The van der Waals surface area contributed by atoms with E-state index in [-0.39, 0.29) is 6.61 Å². The second kappa shape index (κ2) is 5.33. The van der Waals surface area contributed by atoms with Crippen molar-refractivity contribution >= 4 is 0 Å². The largest absolute Gasteiger partial charge is 0.393 e. The molecule has 0 bridgehead atoms. The number of unbranched alkanes of at least 4 members (excludes halogenated alkanes) is 1. The van der Waals surface area contributed by atoms with Gasteiger partial charge in [0.2, 0.25) is 0 Å². The van der Waals surface area contributed by atoms with E-state index in [1.807, 2.05) is 0 Å². The fraction of sp³-hybridized carbons (Fsp3) is 0.800. The summed E-state index contributed by atoms with van der Waals surface area (Å²) in [4.78, 5) is 0. The summed E-state index contributed by atoms with van der Waals surface area (Å²) in [6.45, 7) is 5.63. The average Bonchev–Trinajstić information content (AvgIpc) is 1.98. The second-order valence-corrected chi connectivity index (χ2v) is 3.83. The molecule has 0 spiro atoms. The molecule has 1 atom stereocenters. The lowest BCUT2D eigenvalue weighted by atomic mass is 10.00. The Morgan fingerprint density at radius 3 is 2.42 bits per heavy atom. The van der Waals surface area contributed by atoms with Gasteiger partial charge in [0.25, 0.3) is 0 Å². The number of hydrogen-bond donors (Lipinski definition) is 2. The first-order valence-electron chi connectivity index (χ1n) is 4.44. The molecule has 2 heteroatoms. The Morgan fingerprint density at radius 2 is 2.00 bits per heavy atom. The molecule has 0 amide bonds. The summed E-state index contributed by atoms with van der Waals surface area (Å²) in [7, 11) is 0. The molecule has 1 unspecified atom stereocenters. The van der Waals surface area contributed by atoms with Crippen molar-refractivity contribution < 1.29 is 10.2 Å². The molecule has 0 saturated carbocycles. The van der Waals surface area contributed by atoms with Gasteiger partial charge in [-0.25, -0.2) is 0 Å². The van der Waals surface area contributed by atoms with Crippen LogP contribution in [-0.4, -0.2) is 22.4 Å². The van der Waals surface area contributed by atoms with Gasteiger partial charge in [-0.3, -0.25) is 0 Å². The SMILES string of the molecule is CC(C)=CCCCC(C)(O)CO. The molecule has 72 valence electrons. The molecule has 0 heterocycles. The van der Waals surface area contributed by atoms with Gasteiger partial charge in [-0.1, -0.05) is 11.6 Å². The van der Waals surface area contributed by atoms with E-state index in [1.165, 1.54) is 5.57 Å². The lowest BCUT2D eigenvalue weighted by Gasteiger charge is -2.19. The van der Waals surface area contributed by atoms with Gasteiger partial charge in [0.15, 0.2) is 0 Å². The molecule has 12 heavy (non-hydrogen) atoms. The van der Waals surface area contributed by atoms with Gasteiger partial charge in [0.05, 0.1) is 12.2 Å². The molecule has 0 aromatic rings. The van der Waals surface area contributed by atoms with Crippen LogP contribution in [0.5, 0.6) is 0 Å². The van der Waals surface area contributed by atoms with Gasteiger partial charge >= 0.3 is 0 Å². The molecule has 0 aliphatic rings. The Hall–Kier alpha value is -0.340. The summed E-state index contributed by atoms with van der Waals surface area (Å²) in [5.74, 6) is 0. The van der Waals surface area contributed by atoms with Gasteiger partial charge in [0, 0.05) is 0 Å². The lowest BCUT2D eigenvalue weighted by Crippen LogP contribution is -2.28. The van der Waals surface area contributed by atoms with Crippen LogP contribution >= 0.6 is 0 Å². The van der Waals surface area contributed by atoms with Gasteiger partial charge < -0.3 is 10.2 Å². The first kappa shape index (κ1) is 11.7. The fourth-order valence-electron chi connectivity index (χ4n) is 0.953. The molecular formula is C10H20O2. The number of hydrogen-bond acceptors (Lipinski definition) is 2. The minimum absolute atomic E-state index is 0.151. The third kappa shape index (κ3) is 6.38. The monoisotopic (exact) mass is 172 g/mol. The Bertz CT molecular complexity index is 144. The highest BCUT2D eigenvalue weighted by Gasteiger charge is 2.17. The summed E-state index contributed by atoms with van der Waals surface area (Å²) in [6, 6.07) is 0. The number of allylic oxidation sites excluding steroid dienone is 2. The van der Waals surface area contributed by atoms with Crippen LogP contribution in [0.1, 0.15) is 40.0 Å². The van der Waals surface area contributed by atoms with Crippen LogP contribution in [0.2, 0.25) is 0 Å². The highest BCUT2D eigenvalue weighted by molar-refractivity contribution is 4.92. The van der Waals surface area contributed by atoms with Crippen molar-refractivity contribution in [3.8, 4) is 0 Å². The average molecular weight is 172 g/mol. The third-order valence-electron chi connectivity index (χ3n) is 1.81. The van der Waals surface area contributed by atoms with Crippen LogP contribution < -0.4 is 0 Å². The molecule has 0 fully saturated rings. The minimum Gasteiger partial charge on any atom is -0.393 e. The third-order valence-corrected chi connectivity index (χ3v) is 1.81.